The Labute approximate surface area is 836 Å². The van der Waals surface area contributed by atoms with Gasteiger partial charge in [-0.1, -0.05) is 89.6 Å². The molecule has 118 heavy (non-hydrogen) atoms. The number of nitrogens with zero attached hydrogens (tertiary/aromatic N) is 5. The summed E-state index contributed by atoms with van der Waals surface area (Å²) in [6, 6.07) is -29.0. The van der Waals surface area contributed by atoms with E-state index in [9.17, 15) is 32.4 Å². The molecule has 0 aromatic heterocycles. The van der Waals surface area contributed by atoms with Gasteiger partial charge in [0.05, 0.1) is 145 Å². The Morgan fingerprint density at radius 2 is 0.525 bits per heavy atom. The summed E-state index contributed by atoms with van der Waals surface area (Å²) >= 11 is 0. The third kappa shape index (κ3) is 22.2. The highest BCUT2D eigenvalue weighted by atomic mass is 16.5. The maximum atomic E-state index is 11.6. The Bertz CT molecular complexity index is 8550. The predicted molar refractivity (Wildman–Crippen MR) is 470 cm³/mol. The zero-order valence-corrected chi connectivity index (χ0v) is 65.7. The van der Waals surface area contributed by atoms with E-state index in [4.69, 9.17) is 165 Å². The summed E-state index contributed by atoms with van der Waals surface area (Å²) in [6.45, 7) is -41.1. The van der Waals surface area contributed by atoms with Crippen LogP contribution in [0.2, 0.25) is 0 Å². The van der Waals surface area contributed by atoms with Crippen LogP contribution in [0.1, 0.15) is 364 Å². The lowest BCUT2D eigenvalue weighted by Gasteiger charge is -2.47. The van der Waals surface area contributed by atoms with E-state index in [1.807, 2.05) is 0 Å². The third-order valence-corrected chi connectivity index (χ3v) is 17.3. The molecule has 658 valence electrons. The minimum absolute atomic E-state index is 0.0704. The number of benzene rings is 5. The Morgan fingerprint density at radius 1 is 0.339 bits per heavy atom. The van der Waals surface area contributed by atoms with E-state index in [2.05, 4.69) is 0 Å². The van der Waals surface area contributed by atoms with Gasteiger partial charge in [-0.25, -0.2) is 0 Å². The molecule has 0 radical (unpaired) electrons. The molecular formula is C98H151N5O15. The molecular weight excluding hydrogens is 1490 g/mol. The van der Waals surface area contributed by atoms with Crippen LogP contribution in [0.4, 0.5) is 0 Å². The quantitative estimate of drug-likeness (QED) is 0.0586. The molecule has 5 fully saturated rings. The van der Waals surface area contributed by atoms with Gasteiger partial charge >= 0.3 is 0 Å². The van der Waals surface area contributed by atoms with Gasteiger partial charge < -0.3 is 72.9 Å². The maximum Gasteiger partial charge on any atom is 0.161 e. The van der Waals surface area contributed by atoms with E-state index < -0.39 is 503 Å². The van der Waals surface area contributed by atoms with Gasteiger partial charge in [0.25, 0.3) is 0 Å². The van der Waals surface area contributed by atoms with Crippen LogP contribution in [0.3, 0.4) is 0 Å². The average molecular weight is 1730 g/mol. The number of hydrogen-bond acceptors (Lipinski definition) is 20. The fourth-order valence-corrected chi connectivity index (χ4v) is 12.4. The highest BCUT2D eigenvalue weighted by molar-refractivity contribution is 5.54. The molecule has 10 aliphatic heterocycles. The Balaban J connectivity index is 0.000000240. The van der Waals surface area contributed by atoms with E-state index in [1.54, 1.807) is 27.7 Å². The van der Waals surface area contributed by atoms with Gasteiger partial charge in [0.15, 0.2) is 57.5 Å². The van der Waals surface area contributed by atoms with Crippen molar-refractivity contribution >= 4 is 0 Å². The number of piperidine rings is 5. The van der Waals surface area contributed by atoms with Crippen LogP contribution < -0.4 is 47.4 Å². The molecule has 0 amide bonds. The number of hydrogen-bond donors (Lipinski definition) is 5. The van der Waals surface area contributed by atoms with Crippen LogP contribution in [0, 0.1) is 57.6 Å². The highest BCUT2D eigenvalue weighted by Crippen LogP contribution is 2.51. The molecule has 15 rings (SSSR count). The molecule has 0 bridgehead atoms. The topological polar surface area (TPSA) is 210 Å². The standard InChI is InChI=1S/3C20H31NO3.2C19H29NO3/c3*1-20(2,3)11-14-12-21-7-6-13-8-18(23-4)19(24-5)9-15(13)16(21)10-17(14)22;2*1-12(2)7-14-11-20-6-5-13-8-18(22-3)19(23-4)9-15(13)16(20)10-17(14)21/h3*8-9,14,16-17,22H,6-7,10-12H2,1-5H3;2*8-9,12,14,16-17,21H,5-7,10-11H2,1-4H3/i1D3,2D3,5D3,6D2,7D2,8D,9D,10D2,11D2,14D,16D,17D;1D3,2D3,4D3,6D2,7D2,8D,9D,10D2,11D2,14D,16D,17D;1D3,2D3,6D2,7D2,8D,9D,10D2,11D2,14D,16D,17D;4D3,5D2,6D2,8D,9D,10D2,14D,16D,17D;3D3,5D2,6D2,8D,9D,10D2,14D,16D,17D. The number of rotatable bonds is 17. The molecule has 0 aliphatic carbocycles. The smallest absolute Gasteiger partial charge is 0.161 e. The molecule has 5 aromatic rings. The van der Waals surface area contributed by atoms with Crippen molar-refractivity contribution in [2.75, 3.05) is 136 Å². The van der Waals surface area contributed by atoms with Crippen molar-refractivity contribution in [2.24, 2.45) is 57.6 Å². The van der Waals surface area contributed by atoms with Crippen LogP contribution in [0.25, 0.3) is 0 Å². The first kappa shape index (κ1) is 30.3. The van der Waals surface area contributed by atoms with Crippen molar-refractivity contribution in [1.82, 2.24) is 24.5 Å². The number of aliphatic hydroxyl groups is 5. The van der Waals surface area contributed by atoms with Gasteiger partial charge in [-0.3, -0.25) is 24.5 Å². The Hall–Kier alpha value is -6.30. The van der Waals surface area contributed by atoms with Crippen LogP contribution in [0.15, 0.2) is 60.4 Å². The monoisotopic (exact) mass is 1730 g/mol. The minimum Gasteiger partial charge on any atom is -0.493 e. The van der Waals surface area contributed by atoms with Gasteiger partial charge in [0.1, 0.15) is 0 Å². The normalized spacial score (nSPS) is 55.9. The summed E-state index contributed by atoms with van der Waals surface area (Å²) in [6.07, 6.45) is -70.1. The van der Waals surface area contributed by atoms with E-state index in [0.717, 1.165) is 42.7 Å². The largest absolute Gasteiger partial charge is 0.493 e. The van der Waals surface area contributed by atoms with Gasteiger partial charge in [-0.05, 0) is 269 Å². The Morgan fingerprint density at radius 3 is 0.720 bits per heavy atom. The van der Waals surface area contributed by atoms with Crippen molar-refractivity contribution < 1.29 is 198 Å². The SMILES string of the molecule is [2H]c1c(OC([2H])([2H])[2H])c(OC)c([2H])c2c1C([2H])([2H])C([2H])([2H])N1CC([2H])(C([2H])([2H])C(C)(C([2H])([2H])[2H])C([2H])([2H])[2H])C([2H])(O)C([2H])([2H])C21[2H].[2H]c1c(OC([2H])([2H])[2H])c(OC)c([2H])c2c1C([2H])([2H])C([2H])([2H])N1CC([2H])(CC(C)C)C([2H])(O)C([2H])([2H])C21[2H].[2H]c1c(OC)c(OC([2H])([2H])[2H])c([2H])c2c1C([2H])([2H])C([2H])([2H])N1CC([2H])(C([2H])([2H])C(C)(C([2H])([2H])[2H])C([2H])([2H])[2H])C([2H])(O)C([2H])([2H])C21[2H].[2H]c1c(OC)c(OC([2H])([2H])[2H])c([2H])c2c1C([2H])([2H])C([2H])([2H])N1CC([2H])(CC(C)C)C([2H])(O)C([2H])([2H])C21[2H].[2H]c1c(OC)c(OC)c([2H])c2c1C([2H])([2H])C([2H])([2H])N1CC([2H])(C([2H])([2H])C(C)(C([2H])([2H])[2H])C([2H])([2H])[2H])C([2H])(O)C([2H])([2H])C21[2H]. The molecule has 10 heterocycles. The molecule has 15 atom stereocenters. The number of ether oxygens (including phenoxy) is 10. The second kappa shape index (κ2) is 39.9. The lowest BCUT2D eigenvalue weighted by molar-refractivity contribution is -0.0259. The summed E-state index contributed by atoms with van der Waals surface area (Å²) in [5.74, 6) is -26.5. The molecule has 20 nitrogen and oxygen atoms in total. The minimum atomic E-state index is -4.42. The molecule has 15 unspecified atom stereocenters. The fourth-order valence-electron chi connectivity index (χ4n) is 12.4. The van der Waals surface area contributed by atoms with Crippen molar-refractivity contribution in [2.45, 2.75) is 246 Å². The summed E-state index contributed by atoms with van der Waals surface area (Å²) in [7, 11) is -7.51. The third-order valence-electron chi connectivity index (χ3n) is 17.3. The van der Waals surface area contributed by atoms with Crippen molar-refractivity contribution in [3.8, 4) is 57.5 Å². The van der Waals surface area contributed by atoms with Gasteiger partial charge in [0, 0.05) is 176 Å². The lowest BCUT2D eigenvalue weighted by Crippen LogP contribution is -2.48. The highest BCUT2D eigenvalue weighted by Gasteiger charge is 2.46. The first-order chi connectivity index (χ1) is 91.4. The average Bonchev–Trinajstić information content (AvgIpc) is 0.625. The second-order valence-electron chi connectivity index (χ2n) is 27.7. The summed E-state index contributed by atoms with van der Waals surface area (Å²) in [5.41, 5.74) is -22.4. The first-order valence-corrected chi connectivity index (χ1v) is 35.3. The van der Waals surface area contributed by atoms with E-state index in [0.29, 0.717) is 30.6 Å². The van der Waals surface area contributed by atoms with Crippen LogP contribution in [-0.4, -0.2) is 216 Å². The predicted octanol–water partition coefficient (Wildman–Crippen LogP) is 16.3. The van der Waals surface area contributed by atoms with Crippen molar-refractivity contribution in [3.05, 3.63) is 116 Å². The van der Waals surface area contributed by atoms with Crippen molar-refractivity contribution in [3.63, 3.8) is 0 Å². The summed E-state index contributed by atoms with van der Waals surface area (Å²) < 4.78 is 816. The molecule has 0 spiro atoms. The second-order valence-corrected chi connectivity index (χ2v) is 27.7. The van der Waals surface area contributed by atoms with Crippen LogP contribution in [0.5, 0.6) is 57.5 Å². The van der Waals surface area contributed by atoms with Crippen molar-refractivity contribution in [1.29, 1.82) is 0 Å². The summed E-state index contributed by atoms with van der Waals surface area (Å²) in [5, 5.41) is 57.1. The zero-order valence-electron chi connectivity index (χ0n) is 157. The molecule has 20 heteroatoms. The van der Waals surface area contributed by atoms with Gasteiger partial charge in [-0.2, -0.15) is 0 Å². The fraction of sp³-hybridized carbons (Fsp3) is 0.694. The number of fused-ring (bicyclic) bond motifs is 15. The van der Waals surface area contributed by atoms with Gasteiger partial charge in [-0.15, -0.1) is 0 Å². The van der Waals surface area contributed by atoms with E-state index >= 15 is 0 Å². The van der Waals surface area contributed by atoms with Gasteiger partial charge in [0.2, 0.25) is 0 Å². The molecule has 5 N–H and O–H groups in total. The molecule has 5 aromatic carbocycles. The maximum absolute atomic E-state index is 11.6. The molecule has 0 saturated carbocycles. The van der Waals surface area contributed by atoms with Crippen LogP contribution in [-0.2, 0) is 31.9 Å². The molecule has 10 aliphatic rings. The lowest BCUT2D eigenvalue weighted by atomic mass is 9.75. The summed E-state index contributed by atoms with van der Waals surface area (Å²) in [4.78, 5) is 0.292. The van der Waals surface area contributed by atoms with E-state index in [-0.39, 0.29) is 33.5 Å². The zero-order chi connectivity index (χ0) is 165. The van der Waals surface area contributed by atoms with E-state index in [1.165, 1.54) is 0 Å². The van der Waals surface area contributed by atoms with Crippen LogP contribution >= 0.6 is 0 Å². The number of methoxy groups -OCH3 is 10. The first-order valence-electron chi connectivity index (χ1n) is 80.8. The Kier molecular flexibility index (Phi) is 10.2. The molecule has 5 saturated heterocycles.